The number of halogens is 3. The molecule has 0 fully saturated rings. The molecule has 7 heteroatoms. The van der Waals surface area contributed by atoms with Crippen LogP contribution >= 0.6 is 0 Å². The van der Waals surface area contributed by atoms with Gasteiger partial charge in [0.15, 0.2) is 0 Å². The number of nitrogens with one attached hydrogen (secondary N) is 2. The first-order valence-corrected chi connectivity index (χ1v) is 5.34. The highest BCUT2D eigenvalue weighted by Crippen LogP contribution is 2.16. The van der Waals surface area contributed by atoms with E-state index in [1.165, 1.54) is 0 Å². The first kappa shape index (κ1) is 13.1. The van der Waals surface area contributed by atoms with Crippen molar-refractivity contribution in [3.63, 3.8) is 0 Å². The summed E-state index contributed by atoms with van der Waals surface area (Å²) in [4.78, 5) is 25.5. The van der Waals surface area contributed by atoms with Gasteiger partial charge in [-0.1, -0.05) is 18.2 Å². The lowest BCUT2D eigenvalue weighted by Crippen LogP contribution is -2.34. The van der Waals surface area contributed by atoms with Gasteiger partial charge >= 0.3 is 6.18 Å². The molecular weight excluding hydrogens is 261 g/mol. The predicted molar refractivity (Wildman–Crippen MR) is 63.0 cm³/mol. The number of amides is 1. The monoisotopic (exact) mass is 270 g/mol. The molecule has 0 saturated heterocycles. The van der Waals surface area contributed by atoms with Gasteiger partial charge in [-0.25, -0.2) is 0 Å². The fourth-order valence-corrected chi connectivity index (χ4v) is 1.67. The largest absolute Gasteiger partial charge is 0.405 e. The molecule has 4 nitrogen and oxygen atoms in total. The van der Waals surface area contributed by atoms with Gasteiger partial charge in [-0.2, -0.15) is 13.2 Å². The number of benzene rings is 1. The van der Waals surface area contributed by atoms with Crippen LogP contribution in [0.5, 0.6) is 0 Å². The van der Waals surface area contributed by atoms with Crippen LogP contribution in [-0.4, -0.2) is 23.6 Å². The van der Waals surface area contributed by atoms with Crippen LogP contribution in [0.15, 0.2) is 35.1 Å². The summed E-state index contributed by atoms with van der Waals surface area (Å²) in [6.07, 6.45) is -4.49. The summed E-state index contributed by atoms with van der Waals surface area (Å²) in [6, 6.07) is 7.37. The van der Waals surface area contributed by atoms with E-state index in [0.29, 0.717) is 10.9 Å². The lowest BCUT2D eigenvalue weighted by atomic mass is 10.1. The van der Waals surface area contributed by atoms with E-state index in [1.54, 1.807) is 29.6 Å². The maximum atomic E-state index is 12.0. The molecule has 0 aliphatic carbocycles. The molecule has 0 spiro atoms. The highest BCUT2D eigenvalue weighted by atomic mass is 19.4. The minimum absolute atomic E-state index is 0.0800. The quantitative estimate of drug-likeness (QED) is 0.874. The van der Waals surface area contributed by atoms with Gasteiger partial charge < -0.3 is 10.3 Å². The van der Waals surface area contributed by atoms with Gasteiger partial charge in [0, 0.05) is 17.0 Å². The lowest BCUT2D eigenvalue weighted by molar-refractivity contribution is -0.123. The molecule has 19 heavy (non-hydrogen) atoms. The zero-order valence-electron chi connectivity index (χ0n) is 9.54. The summed E-state index contributed by atoms with van der Waals surface area (Å²) >= 11 is 0. The van der Waals surface area contributed by atoms with Crippen LogP contribution in [0.2, 0.25) is 0 Å². The molecule has 1 heterocycles. The average molecular weight is 270 g/mol. The topological polar surface area (TPSA) is 62.0 Å². The molecule has 0 saturated carbocycles. The van der Waals surface area contributed by atoms with Gasteiger partial charge in [-0.3, -0.25) is 9.59 Å². The van der Waals surface area contributed by atoms with Gasteiger partial charge in [0.25, 0.3) is 5.91 Å². The number of rotatable bonds is 2. The van der Waals surface area contributed by atoms with E-state index >= 15 is 0 Å². The second kappa shape index (κ2) is 4.75. The van der Waals surface area contributed by atoms with E-state index in [-0.39, 0.29) is 5.56 Å². The van der Waals surface area contributed by atoms with Crippen LogP contribution in [-0.2, 0) is 0 Å². The lowest BCUT2D eigenvalue weighted by Gasteiger charge is -2.09. The summed E-state index contributed by atoms with van der Waals surface area (Å²) in [5.41, 5.74) is -0.230. The minimum atomic E-state index is -4.49. The van der Waals surface area contributed by atoms with Crippen molar-refractivity contribution in [2.75, 3.05) is 6.54 Å². The van der Waals surface area contributed by atoms with Crippen molar-refractivity contribution < 1.29 is 18.0 Å². The summed E-state index contributed by atoms with van der Waals surface area (Å²) in [5.74, 6) is -0.931. The Bertz CT molecular complexity index is 676. The van der Waals surface area contributed by atoms with E-state index in [4.69, 9.17) is 0 Å². The number of hydrogen-bond donors (Lipinski definition) is 2. The Hall–Kier alpha value is -2.31. The SMILES string of the molecule is O=C(NCC(F)(F)F)c1cc(=O)[nH]c2ccccc12. The van der Waals surface area contributed by atoms with Gasteiger partial charge in [0.05, 0.1) is 5.56 Å². The van der Waals surface area contributed by atoms with E-state index in [0.717, 1.165) is 6.07 Å². The van der Waals surface area contributed by atoms with Crippen molar-refractivity contribution in [3.8, 4) is 0 Å². The molecule has 1 aromatic carbocycles. The molecule has 1 aromatic heterocycles. The number of H-pyrrole nitrogens is 1. The third-order valence-corrected chi connectivity index (χ3v) is 2.44. The minimum Gasteiger partial charge on any atom is -0.343 e. The molecule has 0 atom stereocenters. The molecule has 100 valence electrons. The fraction of sp³-hybridized carbons (Fsp3) is 0.167. The highest BCUT2D eigenvalue weighted by Gasteiger charge is 2.28. The van der Waals surface area contributed by atoms with Gasteiger partial charge in [0.1, 0.15) is 6.54 Å². The smallest absolute Gasteiger partial charge is 0.343 e. The zero-order chi connectivity index (χ0) is 14.0. The van der Waals surface area contributed by atoms with Crippen molar-refractivity contribution in [1.82, 2.24) is 10.3 Å². The first-order chi connectivity index (χ1) is 8.87. The number of alkyl halides is 3. The highest BCUT2D eigenvalue weighted by molar-refractivity contribution is 6.05. The second-order valence-corrected chi connectivity index (χ2v) is 3.89. The van der Waals surface area contributed by atoms with Gasteiger partial charge in [0.2, 0.25) is 5.56 Å². The van der Waals surface area contributed by atoms with E-state index < -0.39 is 24.2 Å². The summed E-state index contributed by atoms with van der Waals surface area (Å²) in [5, 5.41) is 2.13. The van der Waals surface area contributed by atoms with E-state index in [1.807, 2.05) is 0 Å². The normalized spacial score (nSPS) is 11.5. The van der Waals surface area contributed by atoms with Gasteiger partial charge in [-0.15, -0.1) is 0 Å². The molecule has 0 aliphatic rings. The fourth-order valence-electron chi connectivity index (χ4n) is 1.67. The molecule has 0 aliphatic heterocycles. The predicted octanol–water partition coefficient (Wildman–Crippen LogP) is 1.82. The van der Waals surface area contributed by atoms with E-state index in [2.05, 4.69) is 4.98 Å². The number of hydrogen-bond acceptors (Lipinski definition) is 2. The molecule has 2 rings (SSSR count). The summed E-state index contributed by atoms with van der Waals surface area (Å²) < 4.78 is 36.1. The Kier molecular flexibility index (Phi) is 3.28. The number of aromatic nitrogens is 1. The van der Waals surface area contributed by atoms with Crippen molar-refractivity contribution in [2.45, 2.75) is 6.18 Å². The van der Waals surface area contributed by atoms with Crippen molar-refractivity contribution in [3.05, 3.63) is 46.2 Å². The van der Waals surface area contributed by atoms with Crippen molar-refractivity contribution in [1.29, 1.82) is 0 Å². The third-order valence-electron chi connectivity index (χ3n) is 2.44. The molecular formula is C12H9F3N2O2. The second-order valence-electron chi connectivity index (χ2n) is 3.89. The van der Waals surface area contributed by atoms with Crippen LogP contribution in [0.3, 0.4) is 0 Å². The first-order valence-electron chi connectivity index (χ1n) is 5.34. The third kappa shape index (κ3) is 3.12. The average Bonchev–Trinajstić information content (AvgIpc) is 2.34. The van der Waals surface area contributed by atoms with Crippen LogP contribution < -0.4 is 10.9 Å². The molecule has 0 radical (unpaired) electrons. The summed E-state index contributed by atoms with van der Waals surface area (Å²) in [7, 11) is 0. The number of carbonyl (C=O) groups is 1. The van der Waals surface area contributed by atoms with Crippen LogP contribution in [0, 0.1) is 0 Å². The van der Waals surface area contributed by atoms with Gasteiger partial charge in [-0.05, 0) is 6.07 Å². The molecule has 0 bridgehead atoms. The Morgan fingerprint density at radius 3 is 2.63 bits per heavy atom. The molecule has 0 unspecified atom stereocenters. The number of fused-ring (bicyclic) bond motifs is 1. The van der Waals surface area contributed by atoms with Crippen LogP contribution in [0.1, 0.15) is 10.4 Å². The Balaban J connectivity index is 2.39. The van der Waals surface area contributed by atoms with Crippen molar-refractivity contribution >= 4 is 16.8 Å². The number of carbonyl (C=O) groups excluding carboxylic acids is 1. The molecule has 2 aromatic rings. The molecule has 1 amide bonds. The molecule has 2 N–H and O–H groups in total. The Labute approximate surface area is 105 Å². The number of pyridine rings is 1. The maximum absolute atomic E-state index is 12.0. The van der Waals surface area contributed by atoms with Crippen molar-refractivity contribution in [2.24, 2.45) is 0 Å². The Morgan fingerprint density at radius 2 is 1.95 bits per heavy atom. The van der Waals surface area contributed by atoms with Crippen LogP contribution in [0.25, 0.3) is 10.9 Å². The summed E-state index contributed by atoms with van der Waals surface area (Å²) in [6.45, 7) is -1.44. The number of aromatic amines is 1. The Morgan fingerprint density at radius 1 is 1.26 bits per heavy atom. The zero-order valence-corrected chi connectivity index (χ0v) is 9.54. The van der Waals surface area contributed by atoms with Crippen LogP contribution in [0.4, 0.5) is 13.2 Å². The standard InChI is InChI=1S/C12H9F3N2O2/c13-12(14,15)6-16-11(19)8-5-10(18)17-9-4-2-1-3-7(8)9/h1-5H,6H2,(H,16,19)(H,17,18). The number of para-hydroxylation sites is 1. The maximum Gasteiger partial charge on any atom is 0.405 e. The van der Waals surface area contributed by atoms with E-state index in [9.17, 15) is 22.8 Å².